The number of benzene rings is 1. The van der Waals surface area contributed by atoms with Gasteiger partial charge in [-0.3, -0.25) is 4.79 Å². The van der Waals surface area contributed by atoms with Crippen molar-refractivity contribution in [2.45, 2.75) is 13.8 Å². The first-order valence-electron chi connectivity index (χ1n) is 5.31. The Morgan fingerprint density at radius 2 is 2.25 bits per heavy atom. The second kappa shape index (κ2) is 6.12. The van der Waals surface area contributed by atoms with Gasteiger partial charge in [-0.1, -0.05) is 6.07 Å². The molecule has 1 amide bonds. The Morgan fingerprint density at radius 1 is 1.50 bits per heavy atom. The zero-order valence-electron chi connectivity index (χ0n) is 9.62. The van der Waals surface area contributed by atoms with E-state index >= 15 is 0 Å². The maximum Gasteiger partial charge on any atom is 0.255 e. The average molecular weight is 223 g/mol. The molecule has 0 aliphatic heterocycles. The van der Waals surface area contributed by atoms with Crippen molar-refractivity contribution in [3.63, 3.8) is 0 Å². The molecule has 16 heavy (non-hydrogen) atoms. The van der Waals surface area contributed by atoms with Crippen molar-refractivity contribution in [1.29, 1.82) is 0 Å². The molecule has 0 heterocycles. The lowest BCUT2D eigenvalue weighted by Crippen LogP contribution is -2.26. The lowest BCUT2D eigenvalue weighted by Gasteiger charge is -2.10. The zero-order chi connectivity index (χ0) is 12.0. The number of aryl methyl sites for hydroxylation is 1. The van der Waals surface area contributed by atoms with Crippen LogP contribution in [0.15, 0.2) is 18.2 Å². The highest BCUT2D eigenvalue weighted by Gasteiger charge is 2.11. The molecular formula is C12H17NO3. The summed E-state index contributed by atoms with van der Waals surface area (Å²) in [5.74, 6) is 0.357. The molecule has 0 radical (unpaired) electrons. The molecule has 0 unspecified atom stereocenters. The fraction of sp³-hybridized carbons (Fsp3) is 0.417. The number of aliphatic hydroxyl groups is 1. The number of nitrogens with one attached hydrogen (secondary N) is 1. The van der Waals surface area contributed by atoms with Gasteiger partial charge in [0.1, 0.15) is 5.75 Å². The van der Waals surface area contributed by atoms with Gasteiger partial charge in [-0.25, -0.2) is 0 Å². The maximum atomic E-state index is 11.7. The molecule has 4 heteroatoms. The number of aliphatic hydroxyl groups excluding tert-OH is 1. The van der Waals surface area contributed by atoms with Gasteiger partial charge in [0.15, 0.2) is 0 Å². The third kappa shape index (κ3) is 3.24. The van der Waals surface area contributed by atoms with Crippen molar-refractivity contribution < 1.29 is 14.6 Å². The summed E-state index contributed by atoms with van der Waals surface area (Å²) in [5, 5.41) is 11.2. The topological polar surface area (TPSA) is 58.6 Å². The van der Waals surface area contributed by atoms with E-state index in [1.54, 1.807) is 6.07 Å². The number of carbonyl (C=O) groups is 1. The van der Waals surface area contributed by atoms with Gasteiger partial charge >= 0.3 is 0 Å². The first kappa shape index (κ1) is 12.5. The normalized spacial score (nSPS) is 9.94. The third-order valence-corrected chi connectivity index (χ3v) is 2.08. The van der Waals surface area contributed by atoms with Gasteiger partial charge in [-0.05, 0) is 31.5 Å². The number of amides is 1. The smallest absolute Gasteiger partial charge is 0.255 e. The zero-order valence-corrected chi connectivity index (χ0v) is 9.62. The molecule has 1 aromatic carbocycles. The molecule has 0 saturated carbocycles. The highest BCUT2D eigenvalue weighted by molar-refractivity contribution is 5.97. The van der Waals surface area contributed by atoms with Crippen LogP contribution in [0.25, 0.3) is 0 Å². The molecule has 1 aromatic rings. The molecule has 0 aromatic heterocycles. The minimum Gasteiger partial charge on any atom is -0.493 e. The summed E-state index contributed by atoms with van der Waals surface area (Å²) in [4.78, 5) is 11.7. The van der Waals surface area contributed by atoms with Gasteiger partial charge in [-0.2, -0.15) is 0 Å². The number of hydrogen-bond acceptors (Lipinski definition) is 3. The molecule has 1 rings (SSSR count). The standard InChI is InChI=1S/C12H17NO3/c1-3-16-11-8-9(2)4-5-10(11)12(15)13-6-7-14/h4-5,8,14H,3,6-7H2,1-2H3,(H,13,15). The molecule has 0 fully saturated rings. The van der Waals surface area contributed by atoms with Crippen molar-refractivity contribution in [3.05, 3.63) is 29.3 Å². The Bertz CT molecular complexity index is 363. The monoisotopic (exact) mass is 223 g/mol. The Hall–Kier alpha value is -1.55. The van der Waals surface area contributed by atoms with Crippen molar-refractivity contribution in [1.82, 2.24) is 5.32 Å². The molecule has 0 atom stereocenters. The Labute approximate surface area is 95.2 Å². The quantitative estimate of drug-likeness (QED) is 0.786. The van der Waals surface area contributed by atoms with Crippen molar-refractivity contribution >= 4 is 5.91 Å². The highest BCUT2D eigenvalue weighted by atomic mass is 16.5. The summed E-state index contributed by atoms with van der Waals surface area (Å²) in [6, 6.07) is 5.42. The van der Waals surface area contributed by atoms with Crippen LogP contribution in [0.5, 0.6) is 5.75 Å². The summed E-state index contributed by atoms with van der Waals surface area (Å²) in [5.41, 5.74) is 1.54. The van der Waals surface area contributed by atoms with E-state index in [-0.39, 0.29) is 19.1 Å². The molecular weight excluding hydrogens is 206 g/mol. The Morgan fingerprint density at radius 3 is 2.88 bits per heavy atom. The fourth-order valence-corrected chi connectivity index (χ4v) is 1.36. The van der Waals surface area contributed by atoms with Crippen LogP contribution in [-0.2, 0) is 0 Å². The molecule has 0 aliphatic rings. The van der Waals surface area contributed by atoms with E-state index in [1.165, 1.54) is 0 Å². The van der Waals surface area contributed by atoms with Crippen LogP contribution >= 0.6 is 0 Å². The van der Waals surface area contributed by atoms with Crippen LogP contribution in [0.1, 0.15) is 22.8 Å². The molecule has 88 valence electrons. The summed E-state index contributed by atoms with van der Waals surface area (Å²) >= 11 is 0. The Balaban J connectivity index is 2.88. The second-order valence-electron chi connectivity index (χ2n) is 3.41. The summed E-state index contributed by atoms with van der Waals surface area (Å²) in [6.07, 6.45) is 0. The number of hydrogen-bond donors (Lipinski definition) is 2. The minimum absolute atomic E-state index is 0.0679. The Kier molecular flexibility index (Phi) is 4.79. The fourth-order valence-electron chi connectivity index (χ4n) is 1.36. The van der Waals surface area contributed by atoms with Gasteiger partial charge < -0.3 is 15.2 Å². The lowest BCUT2D eigenvalue weighted by atomic mass is 10.1. The number of carbonyl (C=O) groups excluding carboxylic acids is 1. The minimum atomic E-state index is -0.225. The maximum absolute atomic E-state index is 11.7. The van der Waals surface area contributed by atoms with Crippen molar-refractivity contribution in [2.75, 3.05) is 19.8 Å². The van der Waals surface area contributed by atoms with E-state index < -0.39 is 0 Å². The molecule has 4 nitrogen and oxygen atoms in total. The van der Waals surface area contributed by atoms with Gasteiger partial charge in [0.05, 0.1) is 18.8 Å². The predicted octanol–water partition coefficient (Wildman–Crippen LogP) is 1.12. The van der Waals surface area contributed by atoms with Crippen LogP contribution in [-0.4, -0.2) is 30.8 Å². The van der Waals surface area contributed by atoms with Gasteiger partial charge in [-0.15, -0.1) is 0 Å². The number of ether oxygens (including phenoxy) is 1. The lowest BCUT2D eigenvalue weighted by molar-refractivity contribution is 0.0941. The highest BCUT2D eigenvalue weighted by Crippen LogP contribution is 2.20. The first-order valence-corrected chi connectivity index (χ1v) is 5.31. The van der Waals surface area contributed by atoms with Crippen LogP contribution < -0.4 is 10.1 Å². The van der Waals surface area contributed by atoms with Crippen LogP contribution in [0.3, 0.4) is 0 Å². The van der Waals surface area contributed by atoms with Gasteiger partial charge in [0.25, 0.3) is 5.91 Å². The van der Waals surface area contributed by atoms with Crippen LogP contribution in [0.4, 0.5) is 0 Å². The molecule has 0 aliphatic carbocycles. The van der Waals surface area contributed by atoms with E-state index in [9.17, 15) is 4.79 Å². The first-order chi connectivity index (χ1) is 7.69. The predicted molar refractivity (Wildman–Crippen MR) is 61.8 cm³/mol. The largest absolute Gasteiger partial charge is 0.493 e. The summed E-state index contributed by atoms with van der Waals surface area (Å²) in [6.45, 7) is 4.51. The van der Waals surface area contributed by atoms with E-state index in [0.717, 1.165) is 5.56 Å². The van der Waals surface area contributed by atoms with Crippen LogP contribution in [0.2, 0.25) is 0 Å². The molecule has 0 spiro atoms. The van der Waals surface area contributed by atoms with Crippen LogP contribution in [0, 0.1) is 6.92 Å². The van der Waals surface area contributed by atoms with Gasteiger partial charge in [0, 0.05) is 6.54 Å². The second-order valence-corrected chi connectivity index (χ2v) is 3.41. The van der Waals surface area contributed by atoms with Gasteiger partial charge in [0.2, 0.25) is 0 Å². The van der Waals surface area contributed by atoms with Crippen molar-refractivity contribution in [2.24, 2.45) is 0 Å². The van der Waals surface area contributed by atoms with E-state index in [4.69, 9.17) is 9.84 Å². The van der Waals surface area contributed by atoms with Crippen molar-refractivity contribution in [3.8, 4) is 5.75 Å². The summed E-state index contributed by atoms with van der Waals surface area (Å²) < 4.78 is 5.40. The molecule has 0 saturated heterocycles. The molecule has 2 N–H and O–H groups in total. The van der Waals surface area contributed by atoms with E-state index in [0.29, 0.717) is 17.9 Å². The average Bonchev–Trinajstić information content (AvgIpc) is 2.26. The molecule has 0 bridgehead atoms. The SMILES string of the molecule is CCOc1cc(C)ccc1C(=O)NCCO. The van der Waals surface area contributed by atoms with E-state index in [1.807, 2.05) is 26.0 Å². The third-order valence-electron chi connectivity index (χ3n) is 2.08. The summed E-state index contributed by atoms with van der Waals surface area (Å²) in [7, 11) is 0. The van der Waals surface area contributed by atoms with E-state index in [2.05, 4.69) is 5.32 Å². The number of rotatable bonds is 5.